The maximum Gasteiger partial charge on any atom is 0.129 e. The number of hydrogen-bond acceptors (Lipinski definition) is 4. The number of nitrogens with zero attached hydrogens (tertiary/aromatic N) is 2. The van der Waals surface area contributed by atoms with Crippen LogP contribution in [-0.4, -0.2) is 22.6 Å². The molecule has 1 saturated carbocycles. The summed E-state index contributed by atoms with van der Waals surface area (Å²) in [6.45, 7) is 2.96. The third-order valence-corrected chi connectivity index (χ3v) is 2.98. The maximum absolute atomic E-state index is 6.02. The van der Waals surface area contributed by atoms with Gasteiger partial charge in [0.25, 0.3) is 0 Å². The molecule has 1 aliphatic rings. The minimum Gasteiger partial charge on any atom is -0.368 e. The molecule has 0 bridgehead atoms. The van der Waals surface area contributed by atoms with Crippen molar-refractivity contribution in [3.8, 4) is 0 Å². The van der Waals surface area contributed by atoms with Crippen LogP contribution in [-0.2, 0) is 6.42 Å². The molecule has 1 fully saturated rings. The molecule has 3 N–H and O–H groups in total. The number of aryl methyl sites for hydroxylation is 1. The second-order valence-corrected chi connectivity index (χ2v) is 4.53. The first-order valence-electron chi connectivity index (χ1n) is 6.10. The van der Waals surface area contributed by atoms with Crippen molar-refractivity contribution in [1.29, 1.82) is 0 Å². The second kappa shape index (κ2) is 5.25. The summed E-state index contributed by atoms with van der Waals surface area (Å²) >= 11 is 0. The predicted octanol–water partition coefficient (Wildman–Crippen LogP) is 1.58. The van der Waals surface area contributed by atoms with Crippen LogP contribution < -0.4 is 11.1 Å². The summed E-state index contributed by atoms with van der Waals surface area (Å²) in [5.74, 6) is 1.62. The second-order valence-electron chi connectivity index (χ2n) is 4.53. The molecule has 0 saturated heterocycles. The lowest BCUT2D eigenvalue weighted by Gasteiger charge is -2.12. The summed E-state index contributed by atoms with van der Waals surface area (Å²) in [6.07, 6.45) is 6.31. The van der Waals surface area contributed by atoms with Crippen molar-refractivity contribution in [2.45, 2.75) is 38.6 Å². The molecule has 1 aromatic heterocycles. The van der Waals surface area contributed by atoms with Gasteiger partial charge < -0.3 is 11.1 Å². The van der Waals surface area contributed by atoms with E-state index in [4.69, 9.17) is 5.73 Å². The van der Waals surface area contributed by atoms with Gasteiger partial charge in [-0.25, -0.2) is 9.97 Å². The molecule has 4 heteroatoms. The summed E-state index contributed by atoms with van der Waals surface area (Å²) in [5, 5.41) is 3.29. The summed E-state index contributed by atoms with van der Waals surface area (Å²) in [7, 11) is 0. The van der Waals surface area contributed by atoms with Gasteiger partial charge in [0.2, 0.25) is 0 Å². The molecule has 0 spiro atoms. The zero-order chi connectivity index (χ0) is 11.4. The van der Waals surface area contributed by atoms with E-state index in [-0.39, 0.29) is 6.04 Å². The molecular formula is C12H20N4. The molecule has 2 rings (SSSR count). The number of rotatable bonds is 6. The zero-order valence-electron chi connectivity index (χ0n) is 9.82. The zero-order valence-corrected chi connectivity index (χ0v) is 9.82. The van der Waals surface area contributed by atoms with Gasteiger partial charge in [0.15, 0.2) is 0 Å². The van der Waals surface area contributed by atoms with Gasteiger partial charge in [0, 0.05) is 24.3 Å². The van der Waals surface area contributed by atoms with Crippen molar-refractivity contribution < 1.29 is 0 Å². The molecule has 0 radical (unpaired) electrons. The number of nitrogens with one attached hydrogen (secondary N) is 1. The quantitative estimate of drug-likeness (QED) is 0.764. The highest BCUT2D eigenvalue weighted by molar-refractivity contribution is 5.35. The predicted molar refractivity (Wildman–Crippen MR) is 65.2 cm³/mol. The number of nitrogens with two attached hydrogens (primary N) is 1. The van der Waals surface area contributed by atoms with E-state index in [0.29, 0.717) is 0 Å². The van der Waals surface area contributed by atoms with Gasteiger partial charge in [-0.1, -0.05) is 13.3 Å². The molecular weight excluding hydrogens is 200 g/mol. The van der Waals surface area contributed by atoms with E-state index >= 15 is 0 Å². The van der Waals surface area contributed by atoms with Gasteiger partial charge in [0.1, 0.15) is 12.1 Å². The van der Waals surface area contributed by atoms with Gasteiger partial charge in [-0.15, -0.1) is 0 Å². The van der Waals surface area contributed by atoms with E-state index in [2.05, 4.69) is 22.2 Å². The van der Waals surface area contributed by atoms with Crippen LogP contribution >= 0.6 is 0 Å². The molecule has 4 nitrogen and oxygen atoms in total. The van der Waals surface area contributed by atoms with Crippen molar-refractivity contribution in [3.63, 3.8) is 0 Å². The fraction of sp³-hybridized carbons (Fsp3) is 0.667. The molecule has 1 unspecified atom stereocenters. The number of anilines is 1. The highest BCUT2D eigenvalue weighted by atomic mass is 15.0. The summed E-state index contributed by atoms with van der Waals surface area (Å²) in [4.78, 5) is 8.42. The summed E-state index contributed by atoms with van der Waals surface area (Å²) in [6, 6.07) is 2.29. The van der Waals surface area contributed by atoms with Crippen LogP contribution in [0.4, 0.5) is 5.82 Å². The molecule has 1 heterocycles. The molecule has 1 atom stereocenters. The molecule has 0 amide bonds. The van der Waals surface area contributed by atoms with E-state index in [1.165, 1.54) is 12.8 Å². The fourth-order valence-corrected chi connectivity index (χ4v) is 1.80. The Morgan fingerprint density at radius 3 is 3.00 bits per heavy atom. The number of aromatic nitrogens is 2. The van der Waals surface area contributed by atoms with Crippen LogP contribution in [0.5, 0.6) is 0 Å². The summed E-state index contributed by atoms with van der Waals surface area (Å²) in [5.41, 5.74) is 7.11. The normalized spacial score (nSPS) is 17.1. The highest BCUT2D eigenvalue weighted by Gasteiger charge is 2.28. The Morgan fingerprint density at radius 1 is 1.50 bits per heavy atom. The van der Waals surface area contributed by atoms with Crippen molar-refractivity contribution in [2.24, 2.45) is 11.7 Å². The van der Waals surface area contributed by atoms with E-state index < -0.39 is 0 Å². The van der Waals surface area contributed by atoms with Crippen molar-refractivity contribution in [2.75, 3.05) is 11.9 Å². The van der Waals surface area contributed by atoms with E-state index in [0.717, 1.165) is 36.8 Å². The van der Waals surface area contributed by atoms with Crippen molar-refractivity contribution in [3.05, 3.63) is 18.1 Å². The average molecular weight is 220 g/mol. The highest BCUT2D eigenvalue weighted by Crippen LogP contribution is 2.31. The Hall–Kier alpha value is -1.16. The minimum atomic E-state index is 0.268. The molecule has 88 valence electrons. The minimum absolute atomic E-state index is 0.268. The maximum atomic E-state index is 6.02. The van der Waals surface area contributed by atoms with Crippen LogP contribution in [0.3, 0.4) is 0 Å². The molecule has 0 aromatic carbocycles. The van der Waals surface area contributed by atoms with E-state index in [1.54, 1.807) is 6.33 Å². The van der Waals surface area contributed by atoms with E-state index in [1.807, 2.05) is 6.07 Å². The third-order valence-electron chi connectivity index (χ3n) is 2.98. The summed E-state index contributed by atoms with van der Waals surface area (Å²) < 4.78 is 0. The lowest BCUT2D eigenvalue weighted by atomic mass is 10.2. The van der Waals surface area contributed by atoms with E-state index in [9.17, 15) is 0 Å². The Kier molecular flexibility index (Phi) is 3.72. The van der Waals surface area contributed by atoms with Crippen LogP contribution in [0.15, 0.2) is 12.4 Å². The van der Waals surface area contributed by atoms with Crippen molar-refractivity contribution >= 4 is 5.82 Å². The first-order chi connectivity index (χ1) is 7.79. The van der Waals surface area contributed by atoms with Crippen molar-refractivity contribution in [1.82, 2.24) is 9.97 Å². The van der Waals surface area contributed by atoms with Crippen LogP contribution in [0.1, 0.15) is 31.9 Å². The molecule has 1 aromatic rings. The smallest absolute Gasteiger partial charge is 0.129 e. The van der Waals surface area contributed by atoms with Gasteiger partial charge in [-0.3, -0.25) is 0 Å². The third kappa shape index (κ3) is 3.17. The molecule has 1 aliphatic carbocycles. The fourth-order valence-electron chi connectivity index (χ4n) is 1.80. The monoisotopic (exact) mass is 220 g/mol. The first kappa shape index (κ1) is 11.3. The first-order valence-corrected chi connectivity index (χ1v) is 6.10. The number of hydrogen-bond donors (Lipinski definition) is 2. The lowest BCUT2D eigenvalue weighted by Crippen LogP contribution is -2.31. The molecule has 16 heavy (non-hydrogen) atoms. The van der Waals surface area contributed by atoms with Crippen LogP contribution in [0.25, 0.3) is 0 Å². The Bertz CT molecular complexity index is 336. The Balaban J connectivity index is 1.85. The van der Waals surface area contributed by atoms with Gasteiger partial charge in [0.05, 0.1) is 0 Å². The standard InChI is InChI=1S/C12H20N4/c1-2-3-10-6-12(16-8-15-10)14-7-11(13)9-4-5-9/h6,8-9,11H,2-5,7,13H2,1H3,(H,14,15,16). The Morgan fingerprint density at radius 2 is 2.31 bits per heavy atom. The van der Waals surface area contributed by atoms with Gasteiger partial charge in [-0.05, 0) is 25.2 Å². The van der Waals surface area contributed by atoms with Crippen LogP contribution in [0.2, 0.25) is 0 Å². The van der Waals surface area contributed by atoms with Gasteiger partial charge in [-0.2, -0.15) is 0 Å². The molecule has 0 aliphatic heterocycles. The Labute approximate surface area is 96.7 Å². The largest absolute Gasteiger partial charge is 0.368 e. The van der Waals surface area contributed by atoms with Gasteiger partial charge >= 0.3 is 0 Å². The van der Waals surface area contributed by atoms with Crippen LogP contribution in [0, 0.1) is 5.92 Å². The lowest BCUT2D eigenvalue weighted by molar-refractivity contribution is 0.619. The SMILES string of the molecule is CCCc1cc(NCC(N)C2CC2)ncn1. The average Bonchev–Trinajstić information content (AvgIpc) is 3.11. The topological polar surface area (TPSA) is 63.8 Å².